The Morgan fingerprint density at radius 1 is 1.48 bits per heavy atom. The van der Waals surface area contributed by atoms with Gasteiger partial charge in [0.2, 0.25) is 5.91 Å². The molecule has 0 aliphatic rings. The van der Waals surface area contributed by atoms with Crippen LogP contribution in [0.4, 0.5) is 5.69 Å². The van der Waals surface area contributed by atoms with E-state index >= 15 is 0 Å². The summed E-state index contributed by atoms with van der Waals surface area (Å²) in [5.74, 6) is -0.230. The molecule has 8 nitrogen and oxygen atoms in total. The summed E-state index contributed by atoms with van der Waals surface area (Å²) in [6, 6.07) is 6.01. The number of hydrogen-bond donors (Lipinski definition) is 2. The van der Waals surface area contributed by atoms with Gasteiger partial charge in [-0.05, 0) is 25.8 Å². The number of carbonyl (C=O) groups is 1. The Morgan fingerprint density at radius 2 is 2.26 bits per heavy atom. The number of aryl methyl sites for hydroxylation is 2. The predicted molar refractivity (Wildman–Crippen MR) is 85.2 cm³/mol. The van der Waals surface area contributed by atoms with E-state index in [4.69, 9.17) is 0 Å². The van der Waals surface area contributed by atoms with Crippen molar-refractivity contribution in [2.75, 3.05) is 0 Å². The smallest absolute Gasteiger partial charge is 0.270 e. The van der Waals surface area contributed by atoms with E-state index in [2.05, 4.69) is 20.7 Å². The summed E-state index contributed by atoms with van der Waals surface area (Å²) in [6.45, 7) is 3.80. The Morgan fingerprint density at radius 3 is 2.91 bits per heavy atom. The minimum absolute atomic E-state index is 0.0221. The molecule has 0 fully saturated rings. The summed E-state index contributed by atoms with van der Waals surface area (Å²) >= 11 is 0. The fourth-order valence-electron chi connectivity index (χ4n) is 2.13. The third-order valence-corrected chi connectivity index (χ3v) is 3.37. The van der Waals surface area contributed by atoms with Gasteiger partial charge in [-0.25, -0.2) is 5.43 Å². The third kappa shape index (κ3) is 4.47. The molecule has 0 saturated heterocycles. The van der Waals surface area contributed by atoms with Crippen LogP contribution in [-0.2, 0) is 11.2 Å². The van der Waals surface area contributed by atoms with Crippen molar-refractivity contribution in [2.45, 2.75) is 26.7 Å². The lowest BCUT2D eigenvalue weighted by molar-refractivity contribution is -0.384. The van der Waals surface area contributed by atoms with Crippen molar-refractivity contribution >= 4 is 17.8 Å². The van der Waals surface area contributed by atoms with Gasteiger partial charge < -0.3 is 0 Å². The number of H-pyrrole nitrogens is 1. The zero-order chi connectivity index (χ0) is 16.8. The second-order valence-electron chi connectivity index (χ2n) is 5.06. The zero-order valence-electron chi connectivity index (χ0n) is 12.9. The highest BCUT2D eigenvalue weighted by Crippen LogP contribution is 2.12. The molecule has 120 valence electrons. The van der Waals surface area contributed by atoms with Gasteiger partial charge in [-0.3, -0.25) is 20.0 Å². The van der Waals surface area contributed by atoms with Gasteiger partial charge in [0.25, 0.3) is 5.69 Å². The van der Waals surface area contributed by atoms with Crippen LogP contribution < -0.4 is 5.43 Å². The minimum Gasteiger partial charge on any atom is -0.282 e. The van der Waals surface area contributed by atoms with Gasteiger partial charge in [-0.1, -0.05) is 12.1 Å². The molecule has 1 heterocycles. The number of hydrazone groups is 1. The van der Waals surface area contributed by atoms with Crippen LogP contribution in [0.25, 0.3) is 0 Å². The molecule has 1 aromatic carbocycles. The number of hydrogen-bond acceptors (Lipinski definition) is 5. The maximum Gasteiger partial charge on any atom is 0.270 e. The number of nitro groups is 1. The maximum absolute atomic E-state index is 11.8. The second kappa shape index (κ2) is 7.30. The SMILES string of the molecule is Cc1n[nH]c(C)c1CCC(=O)N/N=C\c1cccc([N+](=O)[O-])c1. The molecule has 0 saturated carbocycles. The fourth-order valence-corrected chi connectivity index (χ4v) is 2.13. The number of nitro benzene ring substituents is 1. The molecular formula is C15H17N5O3. The van der Waals surface area contributed by atoms with E-state index in [1.807, 2.05) is 13.8 Å². The first-order chi connectivity index (χ1) is 11.0. The zero-order valence-corrected chi connectivity index (χ0v) is 12.9. The van der Waals surface area contributed by atoms with E-state index < -0.39 is 4.92 Å². The molecule has 0 unspecified atom stereocenters. The number of amides is 1. The largest absolute Gasteiger partial charge is 0.282 e. The number of nitrogens with one attached hydrogen (secondary N) is 2. The Kier molecular flexibility index (Phi) is 5.19. The molecule has 1 aromatic heterocycles. The molecule has 1 amide bonds. The number of benzene rings is 1. The molecule has 2 N–H and O–H groups in total. The highest BCUT2D eigenvalue weighted by molar-refractivity contribution is 5.83. The summed E-state index contributed by atoms with van der Waals surface area (Å²) < 4.78 is 0. The number of aromatic amines is 1. The van der Waals surface area contributed by atoms with Crippen molar-refractivity contribution < 1.29 is 9.72 Å². The van der Waals surface area contributed by atoms with E-state index in [1.54, 1.807) is 12.1 Å². The minimum atomic E-state index is -0.481. The van der Waals surface area contributed by atoms with Crippen molar-refractivity contribution in [1.29, 1.82) is 0 Å². The molecule has 2 aromatic rings. The van der Waals surface area contributed by atoms with E-state index in [-0.39, 0.29) is 18.0 Å². The summed E-state index contributed by atoms with van der Waals surface area (Å²) in [7, 11) is 0. The van der Waals surface area contributed by atoms with Gasteiger partial charge in [0, 0.05) is 29.8 Å². The quantitative estimate of drug-likeness (QED) is 0.482. The maximum atomic E-state index is 11.8. The van der Waals surface area contributed by atoms with Crippen LogP contribution >= 0.6 is 0 Å². The van der Waals surface area contributed by atoms with Gasteiger partial charge in [0.1, 0.15) is 0 Å². The fraction of sp³-hybridized carbons (Fsp3) is 0.267. The van der Waals surface area contributed by atoms with Crippen molar-refractivity contribution in [3.05, 3.63) is 56.9 Å². The van der Waals surface area contributed by atoms with Crippen LogP contribution in [0.2, 0.25) is 0 Å². The number of nitrogens with zero attached hydrogens (tertiary/aromatic N) is 3. The lowest BCUT2D eigenvalue weighted by Crippen LogP contribution is -2.18. The number of rotatable bonds is 6. The van der Waals surface area contributed by atoms with Crippen LogP contribution in [-0.4, -0.2) is 27.2 Å². The summed E-state index contributed by atoms with van der Waals surface area (Å²) in [5.41, 5.74) is 5.80. The number of carbonyl (C=O) groups excluding carboxylic acids is 1. The second-order valence-corrected chi connectivity index (χ2v) is 5.06. The molecule has 0 atom stereocenters. The molecule has 0 aliphatic heterocycles. The molecule has 0 bridgehead atoms. The van der Waals surface area contributed by atoms with Gasteiger partial charge in [-0.2, -0.15) is 10.2 Å². The summed E-state index contributed by atoms with van der Waals surface area (Å²) in [6.07, 6.45) is 2.24. The van der Waals surface area contributed by atoms with Gasteiger partial charge in [-0.15, -0.1) is 0 Å². The standard InChI is InChI=1S/C15H17N5O3/c1-10-14(11(2)18-17-10)6-7-15(21)19-16-9-12-4-3-5-13(8-12)20(22)23/h3-5,8-9H,6-7H2,1-2H3,(H,17,18)(H,19,21)/b16-9-. The van der Waals surface area contributed by atoms with Gasteiger partial charge in [0.15, 0.2) is 0 Å². The van der Waals surface area contributed by atoms with E-state index in [1.165, 1.54) is 18.3 Å². The topological polar surface area (TPSA) is 113 Å². The van der Waals surface area contributed by atoms with Crippen molar-refractivity contribution in [1.82, 2.24) is 15.6 Å². The van der Waals surface area contributed by atoms with Crippen LogP contribution in [0, 0.1) is 24.0 Å². The molecule has 8 heteroatoms. The predicted octanol–water partition coefficient (Wildman–Crippen LogP) is 2.02. The third-order valence-electron chi connectivity index (χ3n) is 3.37. The Hall–Kier alpha value is -3.03. The first-order valence-electron chi connectivity index (χ1n) is 7.04. The number of aromatic nitrogens is 2. The van der Waals surface area contributed by atoms with Crippen LogP contribution in [0.15, 0.2) is 29.4 Å². The van der Waals surface area contributed by atoms with E-state index in [0.717, 1.165) is 17.0 Å². The van der Waals surface area contributed by atoms with Crippen molar-refractivity contribution in [3.8, 4) is 0 Å². The monoisotopic (exact) mass is 315 g/mol. The first kappa shape index (κ1) is 16.3. The Bertz CT molecular complexity index is 732. The normalized spacial score (nSPS) is 10.9. The lowest BCUT2D eigenvalue weighted by Gasteiger charge is -2.01. The molecule has 0 radical (unpaired) electrons. The van der Waals surface area contributed by atoms with E-state index in [9.17, 15) is 14.9 Å². The van der Waals surface area contributed by atoms with Crippen molar-refractivity contribution in [2.24, 2.45) is 5.10 Å². The average Bonchev–Trinajstić information content (AvgIpc) is 2.84. The van der Waals surface area contributed by atoms with Crippen molar-refractivity contribution in [3.63, 3.8) is 0 Å². The van der Waals surface area contributed by atoms with Crippen LogP contribution in [0.3, 0.4) is 0 Å². The van der Waals surface area contributed by atoms with Gasteiger partial charge in [0.05, 0.1) is 16.8 Å². The highest BCUT2D eigenvalue weighted by atomic mass is 16.6. The first-order valence-corrected chi connectivity index (χ1v) is 7.04. The molecule has 23 heavy (non-hydrogen) atoms. The highest BCUT2D eigenvalue weighted by Gasteiger charge is 2.09. The summed E-state index contributed by atoms with van der Waals surface area (Å²) in [4.78, 5) is 22.0. The number of non-ortho nitro benzene ring substituents is 1. The molecule has 2 rings (SSSR count). The Balaban J connectivity index is 1.87. The molecular weight excluding hydrogens is 298 g/mol. The van der Waals surface area contributed by atoms with E-state index in [0.29, 0.717) is 12.0 Å². The lowest BCUT2D eigenvalue weighted by atomic mass is 10.1. The average molecular weight is 315 g/mol. The van der Waals surface area contributed by atoms with Crippen LogP contribution in [0.5, 0.6) is 0 Å². The van der Waals surface area contributed by atoms with Crippen LogP contribution in [0.1, 0.15) is 28.9 Å². The molecule has 0 spiro atoms. The van der Waals surface area contributed by atoms with Gasteiger partial charge >= 0.3 is 0 Å². The molecule has 0 aliphatic carbocycles. The Labute approximate surface area is 132 Å². The summed E-state index contributed by atoms with van der Waals surface area (Å²) in [5, 5.41) is 21.4.